The second-order valence-electron chi connectivity index (χ2n) is 4.00. The minimum absolute atomic E-state index is 0.680. The smallest absolute Gasteiger partial charge is 0.161 e. The molecule has 0 unspecified atom stereocenters. The molecular weight excluding hydrogens is 278 g/mol. The molecule has 0 aliphatic heterocycles. The maximum atomic E-state index is 5.71. The molecule has 0 bridgehead atoms. The minimum Gasteiger partial charge on any atom is -0.493 e. The predicted octanol–water partition coefficient (Wildman–Crippen LogP) is 4.04. The molecule has 0 saturated carbocycles. The van der Waals surface area contributed by atoms with Crippen molar-refractivity contribution in [2.24, 2.45) is 0 Å². The third-order valence-corrected chi connectivity index (χ3v) is 4.18. The summed E-state index contributed by atoms with van der Waals surface area (Å²) in [4.78, 5) is 5.56. The molecule has 102 valence electrons. The number of thiol groups is 1. The Morgan fingerprint density at radius 3 is 2.79 bits per heavy atom. The summed E-state index contributed by atoms with van der Waals surface area (Å²) in [6.45, 7) is 2.76. The maximum absolute atomic E-state index is 5.71. The minimum atomic E-state index is 0.680. The highest BCUT2D eigenvalue weighted by atomic mass is 32.1. The Labute approximate surface area is 123 Å². The van der Waals surface area contributed by atoms with E-state index in [-0.39, 0.29) is 0 Å². The molecule has 0 aliphatic carbocycles. The predicted molar refractivity (Wildman–Crippen MR) is 82.6 cm³/mol. The van der Waals surface area contributed by atoms with Crippen molar-refractivity contribution >= 4 is 24.0 Å². The Hall–Kier alpha value is -1.20. The van der Waals surface area contributed by atoms with Gasteiger partial charge in [-0.1, -0.05) is 6.92 Å². The van der Waals surface area contributed by atoms with Crippen LogP contribution in [0.5, 0.6) is 11.5 Å². The Morgan fingerprint density at radius 1 is 1.32 bits per heavy atom. The number of nitrogens with zero attached hydrogens (tertiary/aromatic N) is 1. The van der Waals surface area contributed by atoms with Gasteiger partial charge in [-0.15, -0.1) is 11.3 Å². The average Bonchev–Trinajstić information content (AvgIpc) is 2.93. The highest BCUT2D eigenvalue weighted by molar-refractivity contribution is 7.79. The molecule has 5 heteroatoms. The number of hydrogen-bond donors (Lipinski definition) is 1. The maximum Gasteiger partial charge on any atom is 0.161 e. The van der Waals surface area contributed by atoms with E-state index in [0.717, 1.165) is 33.4 Å². The molecule has 19 heavy (non-hydrogen) atoms. The summed E-state index contributed by atoms with van der Waals surface area (Å²) in [6, 6.07) is 5.90. The van der Waals surface area contributed by atoms with Crippen LogP contribution in [0.25, 0.3) is 10.6 Å². The van der Waals surface area contributed by atoms with E-state index in [1.54, 1.807) is 18.4 Å². The fourth-order valence-electron chi connectivity index (χ4n) is 1.65. The summed E-state index contributed by atoms with van der Waals surface area (Å²) in [7, 11) is 1.65. The Bertz CT molecular complexity index is 540. The van der Waals surface area contributed by atoms with Crippen LogP contribution in [0.2, 0.25) is 0 Å². The van der Waals surface area contributed by atoms with E-state index >= 15 is 0 Å². The van der Waals surface area contributed by atoms with Gasteiger partial charge in [0.1, 0.15) is 5.01 Å². The van der Waals surface area contributed by atoms with Crippen LogP contribution in [0.1, 0.15) is 18.2 Å². The van der Waals surface area contributed by atoms with Gasteiger partial charge < -0.3 is 9.47 Å². The SMILES string of the molecule is CCCOc1cc(-c2ncc(CS)s2)ccc1OC. The first-order valence-corrected chi connectivity index (χ1v) is 7.60. The highest BCUT2D eigenvalue weighted by Crippen LogP contribution is 2.34. The molecule has 0 spiro atoms. The van der Waals surface area contributed by atoms with Crippen molar-refractivity contribution in [3.05, 3.63) is 29.3 Å². The van der Waals surface area contributed by atoms with Gasteiger partial charge in [-0.3, -0.25) is 0 Å². The molecule has 0 atom stereocenters. The molecule has 0 N–H and O–H groups in total. The van der Waals surface area contributed by atoms with Crippen LogP contribution in [0.4, 0.5) is 0 Å². The van der Waals surface area contributed by atoms with Gasteiger partial charge in [0.2, 0.25) is 0 Å². The third-order valence-electron chi connectivity index (χ3n) is 2.58. The molecule has 2 rings (SSSR count). The van der Waals surface area contributed by atoms with Crippen molar-refractivity contribution in [2.75, 3.05) is 13.7 Å². The molecule has 1 aromatic heterocycles. The monoisotopic (exact) mass is 295 g/mol. The summed E-state index contributed by atoms with van der Waals surface area (Å²) in [5.74, 6) is 2.24. The zero-order valence-electron chi connectivity index (χ0n) is 11.0. The van der Waals surface area contributed by atoms with Crippen molar-refractivity contribution in [3.63, 3.8) is 0 Å². The number of benzene rings is 1. The van der Waals surface area contributed by atoms with E-state index in [1.165, 1.54) is 0 Å². The number of hydrogen-bond acceptors (Lipinski definition) is 5. The van der Waals surface area contributed by atoms with Gasteiger partial charge in [-0.2, -0.15) is 12.6 Å². The van der Waals surface area contributed by atoms with Crippen LogP contribution < -0.4 is 9.47 Å². The lowest BCUT2D eigenvalue weighted by Crippen LogP contribution is -1.97. The van der Waals surface area contributed by atoms with E-state index in [0.29, 0.717) is 12.4 Å². The van der Waals surface area contributed by atoms with Crippen molar-refractivity contribution in [1.82, 2.24) is 4.98 Å². The fraction of sp³-hybridized carbons (Fsp3) is 0.357. The number of methoxy groups -OCH3 is 1. The van der Waals surface area contributed by atoms with Crippen LogP contribution in [0.15, 0.2) is 24.4 Å². The lowest BCUT2D eigenvalue weighted by molar-refractivity contribution is 0.294. The molecule has 0 saturated heterocycles. The van der Waals surface area contributed by atoms with E-state index in [2.05, 4.69) is 24.5 Å². The largest absolute Gasteiger partial charge is 0.493 e. The van der Waals surface area contributed by atoms with Gasteiger partial charge in [-0.05, 0) is 24.6 Å². The van der Waals surface area contributed by atoms with Gasteiger partial charge in [0.15, 0.2) is 11.5 Å². The van der Waals surface area contributed by atoms with Crippen LogP contribution >= 0.6 is 24.0 Å². The Morgan fingerprint density at radius 2 is 2.16 bits per heavy atom. The van der Waals surface area contributed by atoms with E-state index in [1.807, 2.05) is 24.4 Å². The molecule has 1 aromatic carbocycles. The van der Waals surface area contributed by atoms with Crippen LogP contribution in [-0.4, -0.2) is 18.7 Å². The van der Waals surface area contributed by atoms with Crippen LogP contribution in [0, 0.1) is 0 Å². The topological polar surface area (TPSA) is 31.4 Å². The van der Waals surface area contributed by atoms with E-state index in [9.17, 15) is 0 Å². The molecule has 1 heterocycles. The van der Waals surface area contributed by atoms with Gasteiger partial charge >= 0.3 is 0 Å². The van der Waals surface area contributed by atoms with Crippen LogP contribution in [-0.2, 0) is 5.75 Å². The third kappa shape index (κ3) is 3.42. The van der Waals surface area contributed by atoms with Crippen molar-refractivity contribution < 1.29 is 9.47 Å². The normalized spacial score (nSPS) is 10.5. The van der Waals surface area contributed by atoms with Gasteiger partial charge in [0.25, 0.3) is 0 Å². The molecule has 0 aliphatic rings. The lowest BCUT2D eigenvalue weighted by Gasteiger charge is -2.10. The number of aromatic nitrogens is 1. The fourth-order valence-corrected chi connectivity index (χ4v) is 2.69. The Balaban J connectivity index is 2.30. The first-order valence-electron chi connectivity index (χ1n) is 6.15. The lowest BCUT2D eigenvalue weighted by atomic mass is 10.2. The zero-order valence-corrected chi connectivity index (χ0v) is 12.8. The number of rotatable bonds is 6. The Kier molecular flexibility index (Phi) is 5.10. The molecular formula is C14H17NO2S2. The van der Waals surface area contributed by atoms with Crippen LogP contribution in [0.3, 0.4) is 0 Å². The average molecular weight is 295 g/mol. The summed E-state index contributed by atoms with van der Waals surface area (Å²) >= 11 is 5.91. The van der Waals surface area contributed by atoms with E-state index < -0.39 is 0 Å². The van der Waals surface area contributed by atoms with Gasteiger partial charge in [0, 0.05) is 22.4 Å². The first kappa shape index (κ1) is 14.2. The first-order chi connectivity index (χ1) is 9.28. The van der Waals surface area contributed by atoms with Gasteiger partial charge in [0.05, 0.1) is 13.7 Å². The molecule has 0 radical (unpaired) electrons. The van der Waals surface area contributed by atoms with Crippen molar-refractivity contribution in [2.45, 2.75) is 19.1 Å². The van der Waals surface area contributed by atoms with Crippen molar-refractivity contribution in [1.29, 1.82) is 0 Å². The standard InChI is InChI=1S/C14H17NO2S2/c1-3-6-17-13-7-10(4-5-12(13)16-2)14-15-8-11(9-18)19-14/h4-5,7-8,18H,3,6,9H2,1-2H3. The molecule has 0 amide bonds. The number of ether oxygens (including phenoxy) is 2. The second kappa shape index (κ2) is 6.82. The molecule has 0 fully saturated rings. The second-order valence-corrected chi connectivity index (χ2v) is 5.44. The molecule has 2 aromatic rings. The quantitative estimate of drug-likeness (QED) is 0.816. The highest BCUT2D eigenvalue weighted by Gasteiger charge is 2.09. The van der Waals surface area contributed by atoms with Gasteiger partial charge in [-0.25, -0.2) is 4.98 Å². The van der Waals surface area contributed by atoms with E-state index in [4.69, 9.17) is 9.47 Å². The number of thiazole rings is 1. The summed E-state index contributed by atoms with van der Waals surface area (Å²) in [5.41, 5.74) is 1.05. The van der Waals surface area contributed by atoms with Crippen molar-refractivity contribution in [3.8, 4) is 22.1 Å². The molecule has 3 nitrogen and oxygen atoms in total. The summed E-state index contributed by atoms with van der Waals surface area (Å²) in [5, 5.41) is 0.980. The zero-order chi connectivity index (χ0) is 13.7. The summed E-state index contributed by atoms with van der Waals surface area (Å²) < 4.78 is 11.0. The summed E-state index contributed by atoms with van der Waals surface area (Å²) in [6.07, 6.45) is 2.83.